The van der Waals surface area contributed by atoms with Crippen molar-refractivity contribution in [3.63, 3.8) is 0 Å². The van der Waals surface area contributed by atoms with Gasteiger partial charge in [0.2, 0.25) is 0 Å². The number of methoxy groups -OCH3 is 1. The fourth-order valence-corrected chi connectivity index (χ4v) is 0.705. The Morgan fingerprint density at radius 3 is 2.27 bits per heavy atom. The van der Waals surface area contributed by atoms with E-state index in [1.165, 1.54) is 0 Å². The third kappa shape index (κ3) is 4.04. The quantitative estimate of drug-likeness (QED) is 0.631. The molecule has 0 bridgehead atoms. The van der Waals surface area contributed by atoms with E-state index in [-0.39, 0.29) is 0 Å². The highest BCUT2D eigenvalue weighted by Crippen LogP contribution is 2.13. The highest BCUT2D eigenvalue weighted by atomic mass is 16.5. The minimum absolute atomic E-state index is 0.494. The van der Waals surface area contributed by atoms with Crippen LogP contribution in [0, 0.1) is 11.8 Å². The predicted molar refractivity (Wildman–Crippen MR) is 48.1 cm³/mol. The predicted octanol–water partition coefficient (Wildman–Crippen LogP) is 1.77. The van der Waals surface area contributed by atoms with Crippen LogP contribution < -0.4 is 5.73 Å². The van der Waals surface area contributed by atoms with Crippen LogP contribution in [0.2, 0.25) is 0 Å². The van der Waals surface area contributed by atoms with Gasteiger partial charge in [-0.1, -0.05) is 20.8 Å². The molecule has 1 unspecified atom stereocenters. The minimum atomic E-state index is 0.494. The molecule has 0 aliphatic heterocycles. The monoisotopic (exact) mass is 157 g/mol. The van der Waals surface area contributed by atoms with Crippen molar-refractivity contribution in [3.8, 4) is 0 Å². The Kier molecular flexibility index (Phi) is 4.95. The number of ether oxygens (including phenoxy) is 1. The zero-order chi connectivity index (χ0) is 8.85. The number of rotatable bonds is 4. The first-order valence-electron chi connectivity index (χ1n) is 4.06. The van der Waals surface area contributed by atoms with E-state index in [1.807, 2.05) is 0 Å². The molecule has 0 aromatic carbocycles. The summed E-state index contributed by atoms with van der Waals surface area (Å²) in [6.45, 7) is 7.03. The van der Waals surface area contributed by atoms with E-state index in [4.69, 9.17) is 10.5 Å². The molecule has 0 aromatic rings. The summed E-state index contributed by atoms with van der Waals surface area (Å²) >= 11 is 0. The van der Waals surface area contributed by atoms with E-state index >= 15 is 0 Å². The van der Waals surface area contributed by atoms with Crippen molar-refractivity contribution in [1.29, 1.82) is 0 Å². The van der Waals surface area contributed by atoms with Crippen molar-refractivity contribution in [1.82, 2.24) is 0 Å². The smallest absolute Gasteiger partial charge is 0.105 e. The second-order valence-corrected chi connectivity index (χ2v) is 3.14. The lowest BCUT2D eigenvalue weighted by Crippen LogP contribution is -2.08. The van der Waals surface area contributed by atoms with Gasteiger partial charge in [0.25, 0.3) is 0 Å². The summed E-state index contributed by atoms with van der Waals surface area (Å²) in [6, 6.07) is 0. The fraction of sp³-hybridized carbons (Fsp3) is 0.778. The van der Waals surface area contributed by atoms with Crippen LogP contribution in [0.3, 0.4) is 0 Å². The van der Waals surface area contributed by atoms with E-state index < -0.39 is 0 Å². The fourth-order valence-electron chi connectivity index (χ4n) is 0.705. The van der Waals surface area contributed by atoms with Crippen LogP contribution in [0.1, 0.15) is 20.8 Å². The Hall–Kier alpha value is -0.500. The molecule has 0 heterocycles. The van der Waals surface area contributed by atoms with Gasteiger partial charge in [0.05, 0.1) is 13.7 Å². The summed E-state index contributed by atoms with van der Waals surface area (Å²) in [7, 11) is 1.66. The maximum atomic E-state index is 5.44. The molecule has 0 amide bonds. The zero-order valence-electron chi connectivity index (χ0n) is 7.92. The van der Waals surface area contributed by atoms with Gasteiger partial charge >= 0.3 is 0 Å². The third-order valence-corrected chi connectivity index (χ3v) is 1.96. The maximum Gasteiger partial charge on any atom is 0.105 e. The standard InChI is InChI=1S/C9H19NO/c1-7(2)8(3)5-9(6-10)11-4/h5,7-8H,6,10H2,1-4H3/b9-5-. The first-order chi connectivity index (χ1) is 5.11. The van der Waals surface area contributed by atoms with Gasteiger partial charge in [0, 0.05) is 0 Å². The second kappa shape index (κ2) is 5.19. The molecular formula is C9H19NO. The molecule has 0 radical (unpaired) electrons. The molecule has 0 aromatic heterocycles. The summed E-state index contributed by atoms with van der Waals surface area (Å²) < 4.78 is 5.06. The summed E-state index contributed by atoms with van der Waals surface area (Å²) in [6.07, 6.45) is 2.09. The Labute approximate surface area is 69.4 Å². The van der Waals surface area contributed by atoms with Crippen molar-refractivity contribution >= 4 is 0 Å². The average Bonchev–Trinajstić information content (AvgIpc) is 1.99. The van der Waals surface area contributed by atoms with E-state index in [0.717, 1.165) is 5.76 Å². The molecule has 2 nitrogen and oxygen atoms in total. The van der Waals surface area contributed by atoms with E-state index in [9.17, 15) is 0 Å². The van der Waals surface area contributed by atoms with E-state index in [1.54, 1.807) is 7.11 Å². The Bertz CT molecular complexity index is 124. The summed E-state index contributed by atoms with van der Waals surface area (Å²) in [5, 5.41) is 0. The van der Waals surface area contributed by atoms with Crippen molar-refractivity contribution in [2.75, 3.05) is 13.7 Å². The zero-order valence-corrected chi connectivity index (χ0v) is 7.92. The third-order valence-electron chi connectivity index (χ3n) is 1.96. The number of hydrogen-bond acceptors (Lipinski definition) is 2. The highest BCUT2D eigenvalue weighted by molar-refractivity contribution is 4.97. The van der Waals surface area contributed by atoms with Gasteiger partial charge in [-0.2, -0.15) is 0 Å². The Morgan fingerprint density at radius 1 is 1.45 bits per heavy atom. The van der Waals surface area contributed by atoms with E-state index in [0.29, 0.717) is 18.4 Å². The molecule has 0 saturated heterocycles. The van der Waals surface area contributed by atoms with Crippen LogP contribution in [0.5, 0.6) is 0 Å². The van der Waals surface area contributed by atoms with E-state index in [2.05, 4.69) is 26.8 Å². The molecule has 2 N–H and O–H groups in total. The SMILES string of the molecule is CO/C(=C\C(C)C(C)C)CN. The van der Waals surface area contributed by atoms with Gasteiger partial charge < -0.3 is 10.5 Å². The van der Waals surface area contributed by atoms with Gasteiger partial charge in [0.15, 0.2) is 0 Å². The number of nitrogens with two attached hydrogens (primary N) is 1. The normalized spacial score (nSPS) is 15.3. The van der Waals surface area contributed by atoms with Crippen LogP contribution in [-0.4, -0.2) is 13.7 Å². The Morgan fingerprint density at radius 2 is 2.00 bits per heavy atom. The molecule has 66 valence electrons. The molecule has 0 aliphatic rings. The highest BCUT2D eigenvalue weighted by Gasteiger charge is 2.04. The summed E-state index contributed by atoms with van der Waals surface area (Å²) in [5.41, 5.74) is 5.44. The van der Waals surface area contributed by atoms with Gasteiger partial charge in [-0.25, -0.2) is 0 Å². The molecule has 2 heteroatoms. The first-order valence-corrected chi connectivity index (χ1v) is 4.06. The maximum absolute atomic E-state index is 5.44. The molecular weight excluding hydrogens is 138 g/mol. The largest absolute Gasteiger partial charge is 0.500 e. The Balaban J connectivity index is 4.03. The first kappa shape index (κ1) is 10.5. The van der Waals surface area contributed by atoms with Crippen LogP contribution >= 0.6 is 0 Å². The van der Waals surface area contributed by atoms with Crippen molar-refractivity contribution < 1.29 is 4.74 Å². The molecule has 0 rings (SSSR count). The van der Waals surface area contributed by atoms with Gasteiger partial charge in [-0.05, 0) is 17.9 Å². The van der Waals surface area contributed by atoms with Crippen LogP contribution in [-0.2, 0) is 4.74 Å². The summed E-state index contributed by atoms with van der Waals surface area (Å²) in [5.74, 6) is 2.06. The number of allylic oxidation sites excluding steroid dienone is 1. The minimum Gasteiger partial charge on any atom is -0.500 e. The van der Waals surface area contributed by atoms with Crippen molar-refractivity contribution in [3.05, 3.63) is 11.8 Å². The summed E-state index contributed by atoms with van der Waals surface area (Å²) in [4.78, 5) is 0. The van der Waals surface area contributed by atoms with Crippen molar-refractivity contribution in [2.24, 2.45) is 17.6 Å². The second-order valence-electron chi connectivity index (χ2n) is 3.14. The average molecular weight is 157 g/mol. The molecule has 0 saturated carbocycles. The molecule has 11 heavy (non-hydrogen) atoms. The molecule has 0 fully saturated rings. The molecule has 1 atom stereocenters. The molecule has 0 aliphatic carbocycles. The lowest BCUT2D eigenvalue weighted by atomic mass is 9.97. The van der Waals surface area contributed by atoms with Gasteiger partial charge in [-0.3, -0.25) is 0 Å². The van der Waals surface area contributed by atoms with Gasteiger partial charge in [-0.15, -0.1) is 0 Å². The lowest BCUT2D eigenvalue weighted by molar-refractivity contribution is 0.280. The van der Waals surface area contributed by atoms with Crippen LogP contribution in [0.25, 0.3) is 0 Å². The molecule has 0 spiro atoms. The van der Waals surface area contributed by atoms with Crippen LogP contribution in [0.15, 0.2) is 11.8 Å². The van der Waals surface area contributed by atoms with Gasteiger partial charge in [0.1, 0.15) is 5.76 Å². The van der Waals surface area contributed by atoms with Crippen LogP contribution in [0.4, 0.5) is 0 Å². The number of hydrogen-bond donors (Lipinski definition) is 1. The topological polar surface area (TPSA) is 35.2 Å². The van der Waals surface area contributed by atoms with Crippen molar-refractivity contribution in [2.45, 2.75) is 20.8 Å². The lowest BCUT2D eigenvalue weighted by Gasteiger charge is -2.12.